The molecule has 1 fully saturated rings. The van der Waals surface area contributed by atoms with E-state index in [1.807, 2.05) is 23.5 Å². The fraction of sp³-hybridized carbons (Fsp3) is 0.292. The maximum atomic E-state index is 13.5. The number of nitrogens with one attached hydrogen (secondary N) is 1. The fourth-order valence-corrected chi connectivity index (χ4v) is 4.59. The number of likely N-dealkylation sites (tertiary alicyclic amines) is 1. The first-order chi connectivity index (χ1) is 15.1. The number of aromatic nitrogens is 4. The Morgan fingerprint density at radius 2 is 2.10 bits per heavy atom. The first-order valence-corrected chi connectivity index (χ1v) is 10.6. The predicted octanol–water partition coefficient (Wildman–Crippen LogP) is 4.51. The van der Waals surface area contributed by atoms with Crippen LogP contribution < -0.4 is 0 Å². The van der Waals surface area contributed by atoms with E-state index in [2.05, 4.69) is 45.1 Å². The molecule has 2 atom stereocenters. The van der Waals surface area contributed by atoms with Gasteiger partial charge in [0.2, 0.25) is 0 Å². The number of hydrogen-bond acceptors (Lipinski definition) is 3. The van der Waals surface area contributed by atoms with Crippen LogP contribution >= 0.6 is 0 Å². The number of hydrogen-bond donors (Lipinski definition) is 1. The van der Waals surface area contributed by atoms with Gasteiger partial charge in [-0.15, -0.1) is 0 Å². The predicted molar refractivity (Wildman–Crippen MR) is 117 cm³/mol. The van der Waals surface area contributed by atoms with E-state index in [0.717, 1.165) is 41.4 Å². The second kappa shape index (κ2) is 7.98. The summed E-state index contributed by atoms with van der Waals surface area (Å²) in [5, 5.41) is 12.6. The minimum absolute atomic E-state index is 0.0956. The van der Waals surface area contributed by atoms with E-state index in [1.54, 1.807) is 12.1 Å². The Balaban J connectivity index is 1.28. The number of piperidine rings is 1. The molecule has 0 saturated carbocycles. The third-order valence-corrected chi connectivity index (χ3v) is 6.22. The Kier molecular flexibility index (Phi) is 5.02. The topological polar surface area (TPSA) is 66.8 Å². The van der Waals surface area contributed by atoms with Gasteiger partial charge >= 0.3 is 0 Å². The summed E-state index contributed by atoms with van der Waals surface area (Å²) in [4.78, 5) is 14.7. The van der Waals surface area contributed by atoms with Crippen molar-refractivity contribution in [1.82, 2.24) is 24.9 Å². The highest BCUT2D eigenvalue weighted by atomic mass is 19.1. The minimum atomic E-state index is -0.380. The first kappa shape index (κ1) is 19.5. The summed E-state index contributed by atoms with van der Waals surface area (Å²) in [6.07, 6.45) is 7.40. The number of nitrogens with zero attached hydrogens (tertiary/aromatic N) is 4. The van der Waals surface area contributed by atoms with Crippen LogP contribution in [0.1, 0.15) is 30.1 Å². The van der Waals surface area contributed by atoms with Crippen molar-refractivity contribution < 1.29 is 9.18 Å². The van der Waals surface area contributed by atoms with Crippen LogP contribution in [0.25, 0.3) is 22.0 Å². The molecule has 158 valence electrons. The number of carbonyl (C=O) groups is 1. The van der Waals surface area contributed by atoms with E-state index in [-0.39, 0.29) is 17.8 Å². The summed E-state index contributed by atoms with van der Waals surface area (Å²) in [6, 6.07) is 12.4. The van der Waals surface area contributed by atoms with E-state index in [0.29, 0.717) is 18.0 Å². The number of carbonyl (C=O) groups excluding carboxylic acids is 1. The highest BCUT2D eigenvalue weighted by Crippen LogP contribution is 2.28. The van der Waals surface area contributed by atoms with Crippen LogP contribution in [-0.2, 0) is 6.54 Å². The molecule has 0 spiro atoms. The molecule has 1 aliphatic heterocycles. The molecular weight excluding hydrogens is 393 g/mol. The van der Waals surface area contributed by atoms with Crippen molar-refractivity contribution in [3.05, 3.63) is 72.4 Å². The number of benzene rings is 2. The molecule has 1 saturated heterocycles. The van der Waals surface area contributed by atoms with Gasteiger partial charge in [0.1, 0.15) is 5.82 Å². The highest BCUT2D eigenvalue weighted by molar-refractivity contribution is 5.94. The van der Waals surface area contributed by atoms with Crippen molar-refractivity contribution >= 4 is 16.8 Å². The van der Waals surface area contributed by atoms with Crippen LogP contribution in [-0.4, -0.2) is 43.4 Å². The summed E-state index contributed by atoms with van der Waals surface area (Å²) >= 11 is 0. The summed E-state index contributed by atoms with van der Waals surface area (Å²) in [5.41, 5.74) is 3.69. The number of halogens is 1. The van der Waals surface area contributed by atoms with Crippen molar-refractivity contribution in [3.63, 3.8) is 0 Å². The maximum absolute atomic E-state index is 13.5. The van der Waals surface area contributed by atoms with Gasteiger partial charge in [-0.25, -0.2) is 4.39 Å². The smallest absolute Gasteiger partial charge is 0.254 e. The van der Waals surface area contributed by atoms with Gasteiger partial charge in [0.15, 0.2) is 0 Å². The largest absolute Gasteiger partial charge is 0.336 e. The average Bonchev–Trinajstić information content (AvgIpc) is 3.44. The SMILES string of the molecule is CC1CC(Cn2ncc3cc(-c4cn[nH]c4)ccc32)CCN1C(=O)c1cccc(F)c1. The molecule has 31 heavy (non-hydrogen) atoms. The van der Waals surface area contributed by atoms with Crippen molar-refractivity contribution in [1.29, 1.82) is 0 Å². The van der Waals surface area contributed by atoms with Gasteiger partial charge in [-0.2, -0.15) is 10.2 Å². The number of rotatable bonds is 4. The Morgan fingerprint density at radius 3 is 2.87 bits per heavy atom. The van der Waals surface area contributed by atoms with Gasteiger partial charge in [-0.1, -0.05) is 12.1 Å². The molecule has 1 aliphatic rings. The standard InChI is InChI=1S/C24H24FN5O/c1-16-9-17(7-8-29(16)24(31)19-3-2-4-22(25)11-19)15-30-23-6-5-18(10-20(23)14-28-30)21-12-26-27-13-21/h2-6,10-14,16-17H,7-9,15H2,1H3,(H,26,27). The molecule has 2 unspecified atom stereocenters. The number of fused-ring (bicyclic) bond motifs is 1. The molecule has 1 N–H and O–H groups in total. The Labute approximate surface area is 179 Å². The van der Waals surface area contributed by atoms with E-state index >= 15 is 0 Å². The lowest BCUT2D eigenvalue weighted by Crippen LogP contribution is -2.45. The van der Waals surface area contributed by atoms with Gasteiger partial charge in [0, 0.05) is 41.8 Å². The van der Waals surface area contributed by atoms with Crippen LogP contribution in [0.4, 0.5) is 4.39 Å². The normalized spacial score (nSPS) is 19.1. The lowest BCUT2D eigenvalue weighted by Gasteiger charge is -2.38. The van der Waals surface area contributed by atoms with E-state index in [9.17, 15) is 9.18 Å². The van der Waals surface area contributed by atoms with Crippen LogP contribution in [0.3, 0.4) is 0 Å². The Hall–Kier alpha value is -3.48. The molecular formula is C24H24FN5O. The molecule has 0 bridgehead atoms. The zero-order chi connectivity index (χ0) is 21.4. The number of aromatic amines is 1. The lowest BCUT2D eigenvalue weighted by atomic mass is 9.91. The van der Waals surface area contributed by atoms with Gasteiger partial charge in [0.05, 0.1) is 17.9 Å². The molecule has 0 aliphatic carbocycles. The van der Waals surface area contributed by atoms with Gasteiger partial charge < -0.3 is 4.90 Å². The molecule has 0 radical (unpaired) electrons. The fourth-order valence-electron chi connectivity index (χ4n) is 4.59. The highest BCUT2D eigenvalue weighted by Gasteiger charge is 2.30. The maximum Gasteiger partial charge on any atom is 0.254 e. The Morgan fingerprint density at radius 1 is 1.19 bits per heavy atom. The summed E-state index contributed by atoms with van der Waals surface area (Å²) < 4.78 is 15.6. The van der Waals surface area contributed by atoms with Gasteiger partial charge in [0.25, 0.3) is 5.91 Å². The quantitative estimate of drug-likeness (QED) is 0.531. The zero-order valence-electron chi connectivity index (χ0n) is 17.3. The van der Waals surface area contributed by atoms with Crippen molar-refractivity contribution in [3.8, 4) is 11.1 Å². The lowest BCUT2D eigenvalue weighted by molar-refractivity contribution is 0.0562. The van der Waals surface area contributed by atoms with Crippen LogP contribution in [0.15, 0.2) is 61.1 Å². The van der Waals surface area contributed by atoms with Crippen LogP contribution in [0, 0.1) is 11.7 Å². The average molecular weight is 417 g/mol. The molecule has 1 amide bonds. The molecule has 3 heterocycles. The van der Waals surface area contributed by atoms with Crippen molar-refractivity contribution in [2.24, 2.45) is 5.92 Å². The van der Waals surface area contributed by atoms with Crippen molar-refractivity contribution in [2.75, 3.05) is 6.54 Å². The van der Waals surface area contributed by atoms with E-state index < -0.39 is 0 Å². The first-order valence-electron chi connectivity index (χ1n) is 10.6. The zero-order valence-corrected chi connectivity index (χ0v) is 17.3. The van der Waals surface area contributed by atoms with E-state index in [4.69, 9.17) is 0 Å². The van der Waals surface area contributed by atoms with Crippen molar-refractivity contribution in [2.45, 2.75) is 32.4 Å². The van der Waals surface area contributed by atoms with Crippen LogP contribution in [0.5, 0.6) is 0 Å². The van der Waals surface area contributed by atoms with E-state index in [1.165, 1.54) is 12.1 Å². The second-order valence-electron chi connectivity index (χ2n) is 8.34. The third-order valence-electron chi connectivity index (χ3n) is 6.22. The summed E-state index contributed by atoms with van der Waals surface area (Å²) in [7, 11) is 0. The summed E-state index contributed by atoms with van der Waals surface area (Å²) in [5.74, 6) is -0.0418. The molecule has 2 aromatic carbocycles. The second-order valence-corrected chi connectivity index (χ2v) is 8.34. The Bertz CT molecular complexity index is 1220. The molecule has 5 rings (SSSR count). The molecule has 2 aromatic heterocycles. The third kappa shape index (κ3) is 3.83. The minimum Gasteiger partial charge on any atom is -0.336 e. The monoisotopic (exact) mass is 417 g/mol. The number of H-pyrrole nitrogens is 1. The molecule has 7 heteroatoms. The van der Waals surface area contributed by atoms with Gasteiger partial charge in [-0.05, 0) is 61.6 Å². The molecule has 6 nitrogen and oxygen atoms in total. The van der Waals surface area contributed by atoms with Crippen LogP contribution in [0.2, 0.25) is 0 Å². The summed E-state index contributed by atoms with van der Waals surface area (Å²) in [6.45, 7) is 3.56. The molecule has 4 aromatic rings. The van der Waals surface area contributed by atoms with Gasteiger partial charge in [-0.3, -0.25) is 14.6 Å². The number of amides is 1.